The second-order valence-electron chi connectivity index (χ2n) is 5.07. The van der Waals surface area contributed by atoms with Gasteiger partial charge >= 0.3 is 0 Å². The van der Waals surface area contributed by atoms with Crippen LogP contribution < -0.4 is 10.9 Å². The van der Waals surface area contributed by atoms with Crippen molar-refractivity contribution in [1.29, 1.82) is 0 Å². The van der Waals surface area contributed by atoms with Gasteiger partial charge in [0.1, 0.15) is 0 Å². The van der Waals surface area contributed by atoms with Crippen LogP contribution in [-0.2, 0) is 7.05 Å². The lowest BCUT2D eigenvalue weighted by molar-refractivity contribution is 0.679. The van der Waals surface area contributed by atoms with Crippen LogP contribution in [0.4, 0.5) is 5.69 Å². The van der Waals surface area contributed by atoms with Crippen molar-refractivity contribution >= 4 is 5.69 Å². The zero-order valence-electron chi connectivity index (χ0n) is 11.3. The number of anilines is 1. The molecule has 18 heavy (non-hydrogen) atoms. The van der Waals surface area contributed by atoms with Crippen LogP contribution >= 0.6 is 0 Å². The zero-order valence-corrected chi connectivity index (χ0v) is 11.3. The number of aromatic nitrogens is 1. The standard InChI is InChI=1S/C15H22N2O/c1-12-10-14(11-15(18)17(12)2)16-9-8-13-6-4-3-5-7-13/h6,10-11,16H,3-5,7-9H2,1-2H3. The summed E-state index contributed by atoms with van der Waals surface area (Å²) in [6, 6.07) is 3.69. The highest BCUT2D eigenvalue weighted by Crippen LogP contribution is 2.20. The van der Waals surface area contributed by atoms with Crippen LogP contribution in [0.15, 0.2) is 28.6 Å². The first kappa shape index (κ1) is 12.9. The fraction of sp³-hybridized carbons (Fsp3) is 0.533. The lowest BCUT2D eigenvalue weighted by Crippen LogP contribution is -2.19. The van der Waals surface area contributed by atoms with Gasteiger partial charge in [0.25, 0.3) is 5.56 Å². The van der Waals surface area contributed by atoms with E-state index >= 15 is 0 Å². The van der Waals surface area contributed by atoms with Gasteiger partial charge in [0.2, 0.25) is 0 Å². The molecular formula is C15H22N2O. The van der Waals surface area contributed by atoms with E-state index in [2.05, 4.69) is 11.4 Å². The SMILES string of the molecule is Cc1cc(NCCC2=CCCCC2)cc(=O)n1C. The van der Waals surface area contributed by atoms with Gasteiger partial charge in [-0.15, -0.1) is 0 Å². The minimum Gasteiger partial charge on any atom is -0.385 e. The van der Waals surface area contributed by atoms with Gasteiger partial charge < -0.3 is 9.88 Å². The maximum absolute atomic E-state index is 11.6. The first-order chi connectivity index (χ1) is 8.66. The maximum Gasteiger partial charge on any atom is 0.252 e. The molecule has 0 unspecified atom stereocenters. The minimum absolute atomic E-state index is 0.0504. The van der Waals surface area contributed by atoms with Crippen LogP contribution in [0.5, 0.6) is 0 Å². The van der Waals surface area contributed by atoms with Gasteiger partial charge in [-0.1, -0.05) is 11.6 Å². The van der Waals surface area contributed by atoms with Crippen LogP contribution in [0.25, 0.3) is 0 Å². The van der Waals surface area contributed by atoms with Crippen molar-refractivity contribution in [2.75, 3.05) is 11.9 Å². The number of nitrogens with one attached hydrogen (secondary N) is 1. The van der Waals surface area contributed by atoms with E-state index in [9.17, 15) is 4.79 Å². The molecule has 0 saturated heterocycles. The van der Waals surface area contributed by atoms with Crippen molar-refractivity contribution in [2.45, 2.75) is 39.0 Å². The number of allylic oxidation sites excluding steroid dienone is 1. The number of pyridine rings is 1. The molecule has 2 rings (SSSR count). The fourth-order valence-corrected chi connectivity index (χ4v) is 2.37. The molecule has 0 aliphatic heterocycles. The first-order valence-corrected chi connectivity index (χ1v) is 6.76. The molecule has 0 bridgehead atoms. The topological polar surface area (TPSA) is 34.0 Å². The summed E-state index contributed by atoms with van der Waals surface area (Å²) in [7, 11) is 1.80. The van der Waals surface area contributed by atoms with Crippen molar-refractivity contribution in [1.82, 2.24) is 4.57 Å². The highest BCUT2D eigenvalue weighted by Gasteiger charge is 2.04. The molecule has 1 N–H and O–H groups in total. The third kappa shape index (κ3) is 3.25. The molecule has 1 heterocycles. The van der Waals surface area contributed by atoms with Crippen molar-refractivity contribution in [3.8, 4) is 0 Å². The van der Waals surface area contributed by atoms with Crippen LogP contribution in [0.2, 0.25) is 0 Å². The van der Waals surface area contributed by atoms with Gasteiger partial charge in [0.15, 0.2) is 0 Å². The lowest BCUT2D eigenvalue weighted by atomic mass is 9.97. The summed E-state index contributed by atoms with van der Waals surface area (Å²) < 4.78 is 1.66. The monoisotopic (exact) mass is 246 g/mol. The second kappa shape index (κ2) is 5.89. The first-order valence-electron chi connectivity index (χ1n) is 6.76. The van der Waals surface area contributed by atoms with Crippen LogP contribution in [0, 0.1) is 6.92 Å². The Kier molecular flexibility index (Phi) is 4.24. The molecule has 3 heteroatoms. The molecule has 0 amide bonds. The molecule has 98 valence electrons. The molecule has 0 fully saturated rings. The smallest absolute Gasteiger partial charge is 0.252 e. The lowest BCUT2D eigenvalue weighted by Gasteiger charge is -2.14. The van der Waals surface area contributed by atoms with E-state index in [4.69, 9.17) is 0 Å². The predicted octanol–water partition coefficient (Wildman–Crippen LogP) is 3.00. The van der Waals surface area contributed by atoms with Gasteiger partial charge in [0, 0.05) is 31.0 Å². The van der Waals surface area contributed by atoms with Crippen LogP contribution in [-0.4, -0.2) is 11.1 Å². The molecule has 1 aromatic heterocycles. The Bertz CT molecular complexity index is 500. The highest BCUT2D eigenvalue weighted by atomic mass is 16.1. The summed E-state index contributed by atoms with van der Waals surface area (Å²) in [6.07, 6.45) is 8.62. The molecule has 3 nitrogen and oxygen atoms in total. The van der Waals surface area contributed by atoms with Gasteiger partial charge in [-0.2, -0.15) is 0 Å². The van der Waals surface area contributed by atoms with Gasteiger partial charge in [-0.25, -0.2) is 0 Å². The van der Waals surface area contributed by atoms with Crippen molar-refractivity contribution in [3.05, 3.63) is 39.8 Å². The molecule has 1 aliphatic carbocycles. The van der Waals surface area contributed by atoms with Crippen LogP contribution in [0.1, 0.15) is 37.8 Å². The van der Waals surface area contributed by atoms with E-state index in [0.717, 1.165) is 24.3 Å². The average Bonchev–Trinajstić information content (AvgIpc) is 2.37. The molecule has 0 spiro atoms. The largest absolute Gasteiger partial charge is 0.385 e. The van der Waals surface area contributed by atoms with E-state index in [1.54, 1.807) is 23.3 Å². The Morgan fingerprint density at radius 3 is 2.83 bits per heavy atom. The number of rotatable bonds is 4. The predicted molar refractivity (Wildman–Crippen MR) is 76.1 cm³/mol. The Morgan fingerprint density at radius 2 is 2.17 bits per heavy atom. The van der Waals surface area contributed by atoms with Gasteiger partial charge in [-0.05, 0) is 45.1 Å². The molecule has 0 radical (unpaired) electrons. The molecule has 1 aromatic rings. The summed E-state index contributed by atoms with van der Waals surface area (Å²) in [5, 5.41) is 3.35. The Hall–Kier alpha value is -1.51. The Morgan fingerprint density at radius 1 is 1.33 bits per heavy atom. The maximum atomic E-state index is 11.6. The molecule has 0 saturated carbocycles. The number of aryl methyl sites for hydroxylation is 1. The van der Waals surface area contributed by atoms with Crippen molar-refractivity contribution < 1.29 is 0 Å². The Labute approximate surface area is 109 Å². The highest BCUT2D eigenvalue weighted by molar-refractivity contribution is 5.43. The molecule has 0 atom stereocenters. The van der Waals surface area contributed by atoms with Gasteiger partial charge in [0.05, 0.1) is 0 Å². The normalized spacial score (nSPS) is 15.3. The number of hydrogen-bond donors (Lipinski definition) is 1. The second-order valence-corrected chi connectivity index (χ2v) is 5.07. The van der Waals surface area contributed by atoms with E-state index in [0.29, 0.717) is 0 Å². The minimum atomic E-state index is 0.0504. The Balaban J connectivity index is 1.90. The van der Waals surface area contributed by atoms with E-state index in [1.807, 2.05) is 13.0 Å². The van der Waals surface area contributed by atoms with E-state index in [-0.39, 0.29) is 5.56 Å². The van der Waals surface area contributed by atoms with Crippen molar-refractivity contribution in [2.24, 2.45) is 7.05 Å². The van der Waals surface area contributed by atoms with Crippen LogP contribution in [0.3, 0.4) is 0 Å². The third-order valence-corrected chi connectivity index (χ3v) is 3.66. The zero-order chi connectivity index (χ0) is 13.0. The van der Waals surface area contributed by atoms with Crippen molar-refractivity contribution in [3.63, 3.8) is 0 Å². The quantitative estimate of drug-likeness (QED) is 0.829. The summed E-state index contributed by atoms with van der Waals surface area (Å²) in [5.41, 5.74) is 3.54. The molecular weight excluding hydrogens is 224 g/mol. The average molecular weight is 246 g/mol. The molecule has 0 aromatic carbocycles. The number of hydrogen-bond acceptors (Lipinski definition) is 2. The summed E-state index contributed by atoms with van der Waals surface area (Å²) >= 11 is 0. The molecule has 1 aliphatic rings. The summed E-state index contributed by atoms with van der Waals surface area (Å²) in [6.45, 7) is 2.87. The number of nitrogens with zero attached hydrogens (tertiary/aromatic N) is 1. The van der Waals surface area contributed by atoms with E-state index in [1.165, 1.54) is 25.7 Å². The fourth-order valence-electron chi connectivity index (χ4n) is 2.37. The van der Waals surface area contributed by atoms with Gasteiger partial charge in [-0.3, -0.25) is 4.79 Å². The van der Waals surface area contributed by atoms with E-state index < -0.39 is 0 Å². The summed E-state index contributed by atoms with van der Waals surface area (Å²) in [5.74, 6) is 0. The summed E-state index contributed by atoms with van der Waals surface area (Å²) in [4.78, 5) is 11.6. The third-order valence-electron chi connectivity index (χ3n) is 3.66.